The first-order chi connectivity index (χ1) is 7.75. The molecule has 0 aliphatic carbocycles. The minimum absolute atomic E-state index is 0.582. The second-order valence-electron chi connectivity index (χ2n) is 3.39. The minimum atomic E-state index is 0.582. The molecule has 1 aromatic heterocycles. The van der Waals surface area contributed by atoms with Gasteiger partial charge in [-0.15, -0.1) is 10.2 Å². The molecule has 1 heterocycles. The predicted octanol–water partition coefficient (Wildman–Crippen LogP) is 1.15. The Kier molecular flexibility index (Phi) is 3.48. The zero-order chi connectivity index (χ0) is 11.4. The monoisotopic (exact) mass is 237 g/mol. The van der Waals surface area contributed by atoms with E-state index >= 15 is 0 Å². The van der Waals surface area contributed by atoms with Gasteiger partial charge < -0.3 is 5.32 Å². The smallest absolute Gasteiger partial charge is 0.188 e. The third-order valence-electron chi connectivity index (χ3n) is 2.11. The van der Waals surface area contributed by atoms with E-state index in [1.807, 2.05) is 24.3 Å². The number of nitrogens with zero attached hydrogens (tertiary/aromatic N) is 4. The van der Waals surface area contributed by atoms with Gasteiger partial charge in [-0.25, -0.2) is 0 Å². The van der Waals surface area contributed by atoms with Crippen LogP contribution in [0.25, 0.3) is 0 Å². The lowest BCUT2D eigenvalue weighted by atomic mass is 10.2. The van der Waals surface area contributed by atoms with Crippen molar-refractivity contribution in [3.05, 3.63) is 40.7 Å². The van der Waals surface area contributed by atoms with Crippen molar-refractivity contribution in [1.29, 1.82) is 0 Å². The second-order valence-corrected chi connectivity index (χ2v) is 3.80. The summed E-state index contributed by atoms with van der Waals surface area (Å²) in [6.07, 6.45) is 0. The van der Waals surface area contributed by atoms with Crippen molar-refractivity contribution >= 4 is 11.6 Å². The lowest BCUT2D eigenvalue weighted by molar-refractivity contribution is 0.619. The highest BCUT2D eigenvalue weighted by Crippen LogP contribution is 2.14. The summed E-state index contributed by atoms with van der Waals surface area (Å²) in [5, 5.41) is 15.7. The SMILES string of the molecule is Cn1nnc(CNCc2ccccc2Cl)n1. The molecule has 0 atom stereocenters. The summed E-state index contributed by atoms with van der Waals surface area (Å²) in [5.74, 6) is 0.676. The fourth-order valence-electron chi connectivity index (χ4n) is 1.34. The Hall–Kier alpha value is -1.46. The summed E-state index contributed by atoms with van der Waals surface area (Å²) in [4.78, 5) is 1.44. The van der Waals surface area contributed by atoms with Crippen LogP contribution in [0, 0.1) is 0 Å². The van der Waals surface area contributed by atoms with Gasteiger partial charge >= 0.3 is 0 Å². The summed E-state index contributed by atoms with van der Waals surface area (Å²) in [7, 11) is 1.74. The van der Waals surface area contributed by atoms with Crippen molar-refractivity contribution in [2.45, 2.75) is 13.1 Å². The van der Waals surface area contributed by atoms with E-state index < -0.39 is 0 Å². The summed E-state index contributed by atoms with van der Waals surface area (Å²) in [6, 6.07) is 7.73. The van der Waals surface area contributed by atoms with Crippen LogP contribution in [0.4, 0.5) is 0 Å². The molecule has 0 amide bonds. The molecule has 0 saturated heterocycles. The normalized spacial score (nSPS) is 10.6. The maximum atomic E-state index is 6.02. The van der Waals surface area contributed by atoms with Crippen molar-refractivity contribution in [1.82, 2.24) is 25.5 Å². The number of halogens is 1. The van der Waals surface area contributed by atoms with Gasteiger partial charge in [0.15, 0.2) is 5.82 Å². The summed E-state index contributed by atoms with van der Waals surface area (Å²) in [6.45, 7) is 1.27. The Morgan fingerprint density at radius 3 is 2.81 bits per heavy atom. The predicted molar refractivity (Wildman–Crippen MR) is 60.8 cm³/mol. The quantitative estimate of drug-likeness (QED) is 0.867. The number of tetrazole rings is 1. The fraction of sp³-hybridized carbons (Fsp3) is 0.300. The Balaban J connectivity index is 1.87. The number of aromatic nitrogens is 4. The molecule has 1 aromatic carbocycles. The number of hydrogen-bond donors (Lipinski definition) is 1. The lowest BCUT2D eigenvalue weighted by Gasteiger charge is -2.03. The number of hydrogen-bond acceptors (Lipinski definition) is 4. The molecule has 1 N–H and O–H groups in total. The second kappa shape index (κ2) is 5.05. The zero-order valence-electron chi connectivity index (χ0n) is 8.89. The van der Waals surface area contributed by atoms with Crippen LogP contribution in [-0.4, -0.2) is 20.2 Å². The lowest BCUT2D eigenvalue weighted by Crippen LogP contribution is -2.14. The van der Waals surface area contributed by atoms with E-state index in [1.165, 1.54) is 4.80 Å². The molecular formula is C10H12ClN5. The van der Waals surface area contributed by atoms with Crippen LogP contribution in [0.2, 0.25) is 5.02 Å². The third-order valence-corrected chi connectivity index (χ3v) is 2.47. The van der Waals surface area contributed by atoms with Gasteiger partial charge in [0.2, 0.25) is 0 Å². The van der Waals surface area contributed by atoms with Crippen LogP contribution in [0.5, 0.6) is 0 Å². The Morgan fingerprint density at radius 1 is 1.31 bits per heavy atom. The topological polar surface area (TPSA) is 55.6 Å². The van der Waals surface area contributed by atoms with Gasteiger partial charge in [0.1, 0.15) is 0 Å². The molecular weight excluding hydrogens is 226 g/mol. The average molecular weight is 238 g/mol. The molecule has 0 aliphatic rings. The molecule has 0 unspecified atom stereocenters. The van der Waals surface area contributed by atoms with Crippen molar-refractivity contribution in [3.63, 3.8) is 0 Å². The first-order valence-electron chi connectivity index (χ1n) is 4.92. The van der Waals surface area contributed by atoms with Crippen LogP contribution in [0.3, 0.4) is 0 Å². The molecule has 2 aromatic rings. The van der Waals surface area contributed by atoms with Crippen LogP contribution >= 0.6 is 11.6 Å². The van der Waals surface area contributed by atoms with Gasteiger partial charge in [-0.2, -0.15) is 4.80 Å². The molecule has 0 bridgehead atoms. The zero-order valence-corrected chi connectivity index (χ0v) is 9.65. The van der Waals surface area contributed by atoms with Crippen LogP contribution in [0.15, 0.2) is 24.3 Å². The van der Waals surface area contributed by atoms with Gasteiger partial charge in [0, 0.05) is 11.6 Å². The minimum Gasteiger partial charge on any atom is -0.306 e. The average Bonchev–Trinajstić information content (AvgIpc) is 2.67. The molecule has 16 heavy (non-hydrogen) atoms. The highest BCUT2D eigenvalue weighted by atomic mass is 35.5. The highest BCUT2D eigenvalue weighted by molar-refractivity contribution is 6.31. The molecule has 0 fully saturated rings. The van der Waals surface area contributed by atoms with Crippen molar-refractivity contribution in [2.75, 3.05) is 0 Å². The standard InChI is InChI=1S/C10H12ClN5/c1-16-14-10(13-15-16)7-12-6-8-4-2-3-5-9(8)11/h2-5,12H,6-7H2,1H3. The van der Waals surface area contributed by atoms with E-state index in [0.717, 1.165) is 10.6 Å². The number of benzene rings is 1. The van der Waals surface area contributed by atoms with Crippen LogP contribution < -0.4 is 5.32 Å². The van der Waals surface area contributed by atoms with Crippen molar-refractivity contribution in [3.8, 4) is 0 Å². The van der Waals surface area contributed by atoms with E-state index in [-0.39, 0.29) is 0 Å². The number of aryl methyl sites for hydroxylation is 1. The largest absolute Gasteiger partial charge is 0.306 e. The van der Waals surface area contributed by atoms with Crippen LogP contribution in [0.1, 0.15) is 11.4 Å². The number of nitrogens with one attached hydrogen (secondary N) is 1. The van der Waals surface area contributed by atoms with Crippen LogP contribution in [-0.2, 0) is 20.1 Å². The molecule has 84 valence electrons. The van der Waals surface area contributed by atoms with Crippen molar-refractivity contribution < 1.29 is 0 Å². The van der Waals surface area contributed by atoms with Gasteiger partial charge in [0.25, 0.3) is 0 Å². The summed E-state index contributed by atoms with van der Waals surface area (Å²) >= 11 is 6.02. The van der Waals surface area contributed by atoms with E-state index in [4.69, 9.17) is 11.6 Å². The summed E-state index contributed by atoms with van der Waals surface area (Å²) in [5.41, 5.74) is 1.06. The van der Waals surface area contributed by atoms with E-state index in [2.05, 4.69) is 20.7 Å². The Bertz CT molecular complexity index is 468. The number of rotatable bonds is 4. The molecule has 0 radical (unpaired) electrons. The molecule has 0 spiro atoms. The highest BCUT2D eigenvalue weighted by Gasteiger charge is 2.01. The third kappa shape index (κ3) is 2.77. The molecule has 0 aliphatic heterocycles. The molecule has 5 nitrogen and oxygen atoms in total. The Labute approximate surface area is 98.4 Å². The van der Waals surface area contributed by atoms with E-state index in [0.29, 0.717) is 18.9 Å². The van der Waals surface area contributed by atoms with E-state index in [9.17, 15) is 0 Å². The maximum Gasteiger partial charge on any atom is 0.188 e. The fourth-order valence-corrected chi connectivity index (χ4v) is 1.55. The van der Waals surface area contributed by atoms with Gasteiger partial charge in [-0.3, -0.25) is 0 Å². The van der Waals surface area contributed by atoms with Crippen molar-refractivity contribution in [2.24, 2.45) is 7.05 Å². The van der Waals surface area contributed by atoms with Gasteiger partial charge in [-0.05, 0) is 16.8 Å². The first-order valence-corrected chi connectivity index (χ1v) is 5.30. The van der Waals surface area contributed by atoms with Gasteiger partial charge in [0.05, 0.1) is 13.6 Å². The Morgan fingerprint density at radius 2 is 2.12 bits per heavy atom. The summed E-state index contributed by atoms with van der Waals surface area (Å²) < 4.78 is 0. The molecule has 0 saturated carbocycles. The molecule has 6 heteroatoms. The molecule has 2 rings (SSSR count). The first kappa shape index (κ1) is 11.0. The maximum absolute atomic E-state index is 6.02. The van der Waals surface area contributed by atoms with E-state index in [1.54, 1.807) is 7.05 Å². The van der Waals surface area contributed by atoms with Gasteiger partial charge in [-0.1, -0.05) is 29.8 Å².